The fourth-order valence-corrected chi connectivity index (χ4v) is 4.09. The molecule has 2 aromatic carbocycles. The molecule has 0 fully saturated rings. The predicted molar refractivity (Wildman–Crippen MR) is 124 cm³/mol. The average molecular weight is 452 g/mol. The van der Waals surface area contributed by atoms with E-state index in [4.69, 9.17) is 11.6 Å². The first-order valence-corrected chi connectivity index (χ1v) is 10.8. The van der Waals surface area contributed by atoms with Crippen molar-refractivity contribution >= 4 is 46.0 Å². The van der Waals surface area contributed by atoms with Gasteiger partial charge in [-0.05, 0) is 36.4 Å². The minimum Gasteiger partial charge on any atom is -0.308 e. The van der Waals surface area contributed by atoms with Gasteiger partial charge in [-0.2, -0.15) is 5.10 Å². The second-order valence-electron chi connectivity index (χ2n) is 6.56. The van der Waals surface area contributed by atoms with Crippen molar-refractivity contribution in [3.8, 4) is 5.69 Å². The molecule has 0 aliphatic carbocycles. The molecule has 0 aliphatic heterocycles. The first kappa shape index (κ1) is 20.9. The highest BCUT2D eigenvalue weighted by Crippen LogP contribution is 2.23. The smallest absolute Gasteiger partial charge is 0.269 e. The number of nitrogens with zero attached hydrogens (tertiary/aromatic N) is 4. The van der Waals surface area contributed by atoms with Gasteiger partial charge in [0.15, 0.2) is 10.8 Å². The van der Waals surface area contributed by atoms with Crippen LogP contribution < -0.4 is 10.5 Å². The summed E-state index contributed by atoms with van der Waals surface area (Å²) in [4.78, 5) is 32.3. The Balaban J connectivity index is 1.68. The number of halogens is 1. The Morgan fingerprint density at radius 1 is 1.19 bits per heavy atom. The maximum absolute atomic E-state index is 13.1. The number of anilines is 1. The van der Waals surface area contributed by atoms with E-state index in [0.29, 0.717) is 33.4 Å². The number of carbonyl (C=O) groups excluding carboxylic acids is 1. The van der Waals surface area contributed by atoms with Crippen LogP contribution in [-0.2, 0) is 4.79 Å². The zero-order chi connectivity index (χ0) is 21.8. The molecule has 2 aromatic heterocycles. The first-order valence-electron chi connectivity index (χ1n) is 9.39. The molecular weight excluding hydrogens is 434 g/mol. The fourth-order valence-electron chi connectivity index (χ4n) is 3.08. The predicted octanol–water partition coefficient (Wildman–Crippen LogP) is 4.07. The lowest BCUT2D eigenvalue weighted by Crippen LogP contribution is -2.32. The van der Waals surface area contributed by atoms with E-state index < -0.39 is 0 Å². The van der Waals surface area contributed by atoms with Gasteiger partial charge in [-0.15, -0.1) is 6.58 Å². The van der Waals surface area contributed by atoms with Crippen molar-refractivity contribution < 1.29 is 4.79 Å². The first-order chi connectivity index (χ1) is 15.1. The number of fused-ring (bicyclic) bond motifs is 1. The van der Waals surface area contributed by atoms with Crippen LogP contribution >= 0.6 is 23.4 Å². The largest absolute Gasteiger partial charge is 0.308 e. The van der Waals surface area contributed by atoms with Crippen molar-refractivity contribution in [2.75, 3.05) is 17.2 Å². The molecule has 0 saturated carbocycles. The molecule has 4 rings (SSSR count). The van der Waals surface area contributed by atoms with Crippen LogP contribution in [0.3, 0.4) is 0 Å². The van der Waals surface area contributed by atoms with Crippen LogP contribution in [0.25, 0.3) is 16.7 Å². The second-order valence-corrected chi connectivity index (χ2v) is 7.94. The molecule has 1 amide bonds. The highest BCUT2D eigenvalue weighted by molar-refractivity contribution is 7.99. The number of para-hydroxylation sites is 1. The summed E-state index contributed by atoms with van der Waals surface area (Å²) in [6, 6.07) is 16.2. The summed E-state index contributed by atoms with van der Waals surface area (Å²) in [7, 11) is 0. The molecule has 0 aliphatic rings. The standard InChI is InChI=1S/C22H18ClN5O2S/c1-2-12-27(16-6-4-3-5-7-16)19(29)14-31-22-25-20-18(13-24-26-20)21(30)28(22)17-10-8-15(23)9-11-17/h2-11,13H,1,12,14H2,(H,24,26). The molecule has 0 radical (unpaired) electrons. The summed E-state index contributed by atoms with van der Waals surface area (Å²) >= 11 is 7.18. The van der Waals surface area contributed by atoms with Crippen LogP contribution in [0, 0.1) is 0 Å². The lowest BCUT2D eigenvalue weighted by molar-refractivity contribution is -0.116. The van der Waals surface area contributed by atoms with Crippen molar-refractivity contribution in [2.24, 2.45) is 0 Å². The minimum atomic E-state index is -0.276. The molecule has 9 heteroatoms. The number of H-pyrrole nitrogens is 1. The summed E-state index contributed by atoms with van der Waals surface area (Å²) in [5.74, 6) is -0.0414. The van der Waals surface area contributed by atoms with Gasteiger partial charge < -0.3 is 4.90 Å². The van der Waals surface area contributed by atoms with Gasteiger partial charge in [0.05, 0.1) is 17.6 Å². The van der Waals surface area contributed by atoms with Gasteiger partial charge in [0.25, 0.3) is 5.56 Å². The summed E-state index contributed by atoms with van der Waals surface area (Å²) in [6.45, 7) is 4.12. The average Bonchev–Trinajstić information content (AvgIpc) is 3.26. The second kappa shape index (κ2) is 9.20. The third-order valence-electron chi connectivity index (χ3n) is 4.54. The Labute approximate surface area is 187 Å². The van der Waals surface area contributed by atoms with Crippen molar-refractivity contribution in [2.45, 2.75) is 5.16 Å². The topological polar surface area (TPSA) is 83.9 Å². The summed E-state index contributed by atoms with van der Waals surface area (Å²) in [6.07, 6.45) is 3.12. The molecular formula is C22H18ClN5O2S. The Hall–Kier alpha value is -3.36. The maximum Gasteiger partial charge on any atom is 0.269 e. The van der Waals surface area contributed by atoms with Gasteiger partial charge in [0, 0.05) is 17.3 Å². The number of carbonyl (C=O) groups is 1. The van der Waals surface area contributed by atoms with Crippen LogP contribution in [0.15, 0.2) is 83.4 Å². The van der Waals surface area contributed by atoms with Crippen LogP contribution in [-0.4, -0.2) is 38.0 Å². The number of rotatable bonds is 7. The molecule has 0 atom stereocenters. The summed E-state index contributed by atoms with van der Waals surface area (Å²) < 4.78 is 1.46. The van der Waals surface area contributed by atoms with Crippen molar-refractivity contribution in [3.05, 3.63) is 88.8 Å². The molecule has 2 heterocycles. The summed E-state index contributed by atoms with van der Waals surface area (Å²) in [5, 5.41) is 7.95. The lowest BCUT2D eigenvalue weighted by Gasteiger charge is -2.21. The van der Waals surface area contributed by atoms with E-state index in [1.54, 1.807) is 35.2 Å². The third kappa shape index (κ3) is 4.40. The zero-order valence-electron chi connectivity index (χ0n) is 16.4. The maximum atomic E-state index is 13.1. The number of amides is 1. The Morgan fingerprint density at radius 2 is 1.94 bits per heavy atom. The van der Waals surface area contributed by atoms with Crippen LogP contribution in [0.4, 0.5) is 5.69 Å². The number of aromatic nitrogens is 4. The molecule has 31 heavy (non-hydrogen) atoms. The molecule has 0 unspecified atom stereocenters. The van der Waals surface area contributed by atoms with Crippen LogP contribution in [0.5, 0.6) is 0 Å². The van der Waals surface area contributed by atoms with E-state index in [2.05, 4.69) is 21.8 Å². The van der Waals surface area contributed by atoms with Crippen LogP contribution in [0.2, 0.25) is 5.02 Å². The van der Waals surface area contributed by atoms with E-state index >= 15 is 0 Å². The van der Waals surface area contributed by atoms with Crippen molar-refractivity contribution in [3.63, 3.8) is 0 Å². The molecule has 0 bridgehead atoms. The molecule has 156 valence electrons. The number of thioether (sulfide) groups is 1. The third-order valence-corrected chi connectivity index (χ3v) is 5.72. The highest BCUT2D eigenvalue weighted by Gasteiger charge is 2.19. The Bertz CT molecular complexity index is 1290. The quantitative estimate of drug-likeness (QED) is 0.260. The molecule has 0 saturated heterocycles. The molecule has 4 aromatic rings. The minimum absolute atomic E-state index is 0.0857. The molecule has 1 N–H and O–H groups in total. The van der Waals surface area contributed by atoms with Gasteiger partial charge >= 0.3 is 0 Å². The van der Waals surface area contributed by atoms with E-state index in [1.165, 1.54) is 22.5 Å². The van der Waals surface area contributed by atoms with Crippen LogP contribution in [0.1, 0.15) is 0 Å². The van der Waals surface area contributed by atoms with E-state index in [9.17, 15) is 9.59 Å². The number of nitrogens with one attached hydrogen (secondary N) is 1. The Morgan fingerprint density at radius 3 is 2.65 bits per heavy atom. The summed E-state index contributed by atoms with van der Waals surface area (Å²) in [5.41, 5.74) is 1.48. The van der Waals surface area contributed by atoms with E-state index in [0.717, 1.165) is 5.69 Å². The van der Waals surface area contributed by atoms with Gasteiger partial charge in [-0.1, -0.05) is 47.6 Å². The zero-order valence-corrected chi connectivity index (χ0v) is 17.9. The highest BCUT2D eigenvalue weighted by atomic mass is 35.5. The molecule has 7 nitrogen and oxygen atoms in total. The number of hydrogen-bond donors (Lipinski definition) is 1. The Kier molecular flexibility index (Phi) is 6.20. The van der Waals surface area contributed by atoms with Gasteiger partial charge in [-0.25, -0.2) is 4.98 Å². The van der Waals surface area contributed by atoms with Crippen molar-refractivity contribution in [1.29, 1.82) is 0 Å². The normalized spacial score (nSPS) is 10.9. The van der Waals surface area contributed by atoms with Gasteiger partial charge in [-0.3, -0.25) is 19.3 Å². The van der Waals surface area contributed by atoms with Crippen molar-refractivity contribution in [1.82, 2.24) is 19.7 Å². The number of hydrogen-bond acceptors (Lipinski definition) is 5. The molecule has 0 spiro atoms. The van der Waals surface area contributed by atoms with Gasteiger partial charge in [0.1, 0.15) is 5.39 Å². The van der Waals surface area contributed by atoms with E-state index in [-0.39, 0.29) is 17.2 Å². The number of aromatic amines is 1. The fraction of sp³-hybridized carbons (Fsp3) is 0.0909. The lowest BCUT2D eigenvalue weighted by atomic mass is 10.3. The van der Waals surface area contributed by atoms with Gasteiger partial charge in [0.2, 0.25) is 5.91 Å². The monoisotopic (exact) mass is 451 g/mol. The SMILES string of the molecule is C=CCN(C(=O)CSc1nc2[nH]ncc2c(=O)n1-c1ccc(Cl)cc1)c1ccccc1. The number of benzene rings is 2. The van der Waals surface area contributed by atoms with E-state index in [1.807, 2.05) is 30.3 Å².